The first-order valence-electron chi connectivity index (χ1n) is 2.12. The molecule has 0 bridgehead atoms. The summed E-state index contributed by atoms with van der Waals surface area (Å²) < 4.78 is 0. The molecule has 2 nitrogen and oxygen atoms in total. The predicted molar refractivity (Wildman–Crippen MR) is 32.7 cm³/mol. The Labute approximate surface area is 65.3 Å². The molecular weight excluding hydrogens is 174 g/mol. The summed E-state index contributed by atoms with van der Waals surface area (Å²) in [5, 5.41) is 2.26. The summed E-state index contributed by atoms with van der Waals surface area (Å²) in [7, 11) is 0. The van der Waals surface area contributed by atoms with E-state index in [-0.39, 0.29) is 28.3 Å². The molecule has 0 unspecified atom stereocenters. The Morgan fingerprint density at radius 2 is 2.00 bits per heavy atom. The zero-order chi connectivity index (χ0) is 5.86. The van der Waals surface area contributed by atoms with Gasteiger partial charge in [-0.25, -0.2) is 0 Å². The molecule has 0 rings (SSSR count). The molecule has 0 aliphatic heterocycles. The van der Waals surface area contributed by atoms with Crippen molar-refractivity contribution in [3.05, 3.63) is 0 Å². The number of amides is 1. The fraction of sp³-hybridized carbons (Fsp3) is 0.750. The van der Waals surface area contributed by atoms with Crippen LogP contribution in [0.2, 0.25) is 0 Å². The van der Waals surface area contributed by atoms with E-state index in [4.69, 9.17) is 0 Å². The van der Waals surface area contributed by atoms with Crippen LogP contribution in [0.1, 0.15) is 13.8 Å². The van der Waals surface area contributed by atoms with Crippen LogP contribution in [0, 0.1) is 0 Å². The second kappa shape index (κ2) is 5.48. The topological polar surface area (TPSA) is 29.1 Å². The summed E-state index contributed by atoms with van der Waals surface area (Å²) in [5.74, 6) is 0. The summed E-state index contributed by atoms with van der Waals surface area (Å²) in [6.45, 7) is 3.77. The average Bonchev–Trinajstić information content (AvgIpc) is 1.27. The molecule has 0 aromatic carbocycles. The third-order valence-corrected chi connectivity index (χ3v) is 0.541. The van der Waals surface area contributed by atoms with Crippen molar-refractivity contribution in [2.24, 2.45) is 0 Å². The molecule has 53 valence electrons. The maximum atomic E-state index is 10.0. The van der Waals surface area contributed by atoms with Crippen molar-refractivity contribution in [1.82, 2.24) is 5.32 Å². The minimum Gasteiger partial charge on any atom is -0.345 e. The largest absolute Gasteiger partial charge is 0.345 e. The van der Waals surface area contributed by atoms with Gasteiger partial charge in [-0.15, -0.1) is 0 Å². The number of rotatable bonds is 1. The van der Waals surface area contributed by atoms with Crippen molar-refractivity contribution in [3.63, 3.8) is 0 Å². The maximum absolute atomic E-state index is 10.0. The van der Waals surface area contributed by atoms with Gasteiger partial charge in [0.25, 0.3) is 5.24 Å². The molecular formula is C4H9CuNOS. The summed E-state index contributed by atoms with van der Waals surface area (Å²) >= 11 is 3.49. The molecule has 1 radical (unpaired) electrons. The molecule has 0 aliphatic rings. The van der Waals surface area contributed by atoms with Crippen LogP contribution < -0.4 is 5.32 Å². The molecule has 0 saturated heterocycles. The Morgan fingerprint density at radius 3 is 2.00 bits per heavy atom. The van der Waals surface area contributed by atoms with Gasteiger partial charge in [0.05, 0.1) is 0 Å². The smallest absolute Gasteiger partial charge is 0.276 e. The minimum atomic E-state index is -0.269. The van der Waals surface area contributed by atoms with Crippen molar-refractivity contribution in [2.45, 2.75) is 19.9 Å². The third kappa shape index (κ3) is 9.60. The quantitative estimate of drug-likeness (QED) is 0.461. The summed E-state index contributed by atoms with van der Waals surface area (Å²) in [6.07, 6.45) is 0. The van der Waals surface area contributed by atoms with Crippen LogP contribution in [0.15, 0.2) is 0 Å². The zero-order valence-electron chi connectivity index (χ0n) is 4.73. The molecule has 0 saturated carbocycles. The molecule has 0 fully saturated rings. The van der Waals surface area contributed by atoms with Gasteiger partial charge in [0.15, 0.2) is 0 Å². The average molecular weight is 183 g/mol. The Kier molecular flexibility index (Phi) is 7.65. The van der Waals surface area contributed by atoms with Gasteiger partial charge in [-0.05, 0) is 13.8 Å². The summed E-state index contributed by atoms with van der Waals surface area (Å²) in [5.41, 5.74) is 0. The van der Waals surface area contributed by atoms with Gasteiger partial charge in [-0.3, -0.25) is 4.79 Å². The fourth-order valence-electron chi connectivity index (χ4n) is 0.247. The van der Waals surface area contributed by atoms with Crippen molar-refractivity contribution >= 4 is 17.9 Å². The van der Waals surface area contributed by atoms with Crippen LogP contribution in [0.4, 0.5) is 4.79 Å². The van der Waals surface area contributed by atoms with Gasteiger partial charge in [-0.2, -0.15) is 0 Å². The fourth-order valence-corrected chi connectivity index (χ4v) is 0.505. The summed E-state index contributed by atoms with van der Waals surface area (Å²) in [6, 6.07) is 0.199. The first-order valence-corrected chi connectivity index (χ1v) is 2.57. The normalized spacial score (nSPS) is 8.00. The number of carbonyl (C=O) groups is 1. The van der Waals surface area contributed by atoms with Crippen LogP contribution in [0.3, 0.4) is 0 Å². The van der Waals surface area contributed by atoms with Crippen molar-refractivity contribution < 1.29 is 21.9 Å². The number of hydrogen-bond acceptors (Lipinski definition) is 1. The predicted octanol–water partition coefficient (Wildman–Crippen LogP) is 1.03. The number of nitrogens with one attached hydrogen (secondary N) is 1. The van der Waals surface area contributed by atoms with E-state index in [2.05, 4.69) is 17.9 Å². The van der Waals surface area contributed by atoms with E-state index in [1.807, 2.05) is 13.8 Å². The monoisotopic (exact) mass is 182 g/mol. The second-order valence-electron chi connectivity index (χ2n) is 1.60. The molecule has 0 spiro atoms. The van der Waals surface area contributed by atoms with Gasteiger partial charge in [0.1, 0.15) is 0 Å². The Bertz CT molecular complexity index is 76.4. The van der Waals surface area contributed by atoms with Crippen molar-refractivity contribution in [3.8, 4) is 0 Å². The molecule has 0 heterocycles. The number of carbonyl (C=O) groups excluding carboxylic acids is 1. The van der Waals surface area contributed by atoms with E-state index in [0.717, 1.165) is 0 Å². The Balaban J connectivity index is 0. The number of thiol groups is 1. The minimum absolute atomic E-state index is 0. The van der Waals surface area contributed by atoms with E-state index in [1.54, 1.807) is 0 Å². The van der Waals surface area contributed by atoms with E-state index >= 15 is 0 Å². The van der Waals surface area contributed by atoms with Gasteiger partial charge < -0.3 is 5.32 Å². The van der Waals surface area contributed by atoms with Gasteiger partial charge in [-0.1, -0.05) is 12.6 Å². The molecule has 0 aromatic rings. The summed E-state index contributed by atoms with van der Waals surface area (Å²) in [4.78, 5) is 10.0. The SMILES string of the molecule is CC(C)NC(=O)S.[Cu]. The third-order valence-electron chi connectivity index (χ3n) is 0.412. The van der Waals surface area contributed by atoms with Crippen LogP contribution in [0.5, 0.6) is 0 Å². The molecule has 1 amide bonds. The van der Waals surface area contributed by atoms with Crippen LogP contribution in [0.25, 0.3) is 0 Å². The van der Waals surface area contributed by atoms with Gasteiger partial charge in [0.2, 0.25) is 0 Å². The molecule has 0 aromatic heterocycles. The van der Waals surface area contributed by atoms with E-state index in [1.165, 1.54) is 0 Å². The van der Waals surface area contributed by atoms with Gasteiger partial charge in [0, 0.05) is 23.1 Å². The standard InChI is InChI=1S/C4H9NOS.Cu/c1-3(2)5-4(6)7;/h3H,1-2H3,(H2,5,6,7);. The molecule has 0 atom stereocenters. The van der Waals surface area contributed by atoms with Crippen LogP contribution >= 0.6 is 12.6 Å². The first-order chi connectivity index (χ1) is 3.13. The Morgan fingerprint density at radius 1 is 1.62 bits per heavy atom. The van der Waals surface area contributed by atoms with Crippen LogP contribution in [-0.2, 0) is 17.1 Å². The van der Waals surface area contributed by atoms with Gasteiger partial charge >= 0.3 is 0 Å². The number of hydrogen-bond donors (Lipinski definition) is 2. The second-order valence-corrected chi connectivity index (χ2v) is 2.01. The zero-order valence-corrected chi connectivity index (χ0v) is 6.57. The molecule has 0 aliphatic carbocycles. The van der Waals surface area contributed by atoms with E-state index < -0.39 is 0 Å². The van der Waals surface area contributed by atoms with E-state index in [0.29, 0.717) is 0 Å². The Hall–Kier alpha value is 0.339. The van der Waals surface area contributed by atoms with E-state index in [9.17, 15) is 4.79 Å². The van der Waals surface area contributed by atoms with Crippen molar-refractivity contribution in [2.75, 3.05) is 0 Å². The maximum Gasteiger partial charge on any atom is 0.276 e. The molecule has 1 N–H and O–H groups in total. The molecule has 4 heteroatoms. The first kappa shape index (κ1) is 11.2. The van der Waals surface area contributed by atoms with Crippen LogP contribution in [-0.4, -0.2) is 11.3 Å². The van der Waals surface area contributed by atoms with Crippen molar-refractivity contribution in [1.29, 1.82) is 0 Å². The molecule has 8 heavy (non-hydrogen) atoms.